The van der Waals surface area contributed by atoms with Gasteiger partial charge in [-0.05, 0) is 49.2 Å². The zero-order valence-electron chi connectivity index (χ0n) is 14.7. The van der Waals surface area contributed by atoms with Crippen LogP contribution in [0.15, 0.2) is 48.5 Å². The highest BCUT2D eigenvalue weighted by Crippen LogP contribution is 2.16. The van der Waals surface area contributed by atoms with E-state index in [0.29, 0.717) is 0 Å². The third-order valence-electron chi connectivity index (χ3n) is 3.47. The second-order valence-corrected chi connectivity index (χ2v) is 6.19. The lowest BCUT2D eigenvalue weighted by Gasteiger charge is -2.11. The van der Waals surface area contributed by atoms with Crippen LogP contribution in [0.2, 0.25) is 0 Å². The number of nitrogens with zero attached hydrogens (tertiary/aromatic N) is 1. The van der Waals surface area contributed by atoms with E-state index in [0.717, 1.165) is 16.8 Å². The minimum absolute atomic E-state index is 0.117. The second kappa shape index (κ2) is 8.20. The zero-order chi connectivity index (χ0) is 17.5. The van der Waals surface area contributed by atoms with Gasteiger partial charge in [0.05, 0.1) is 0 Å². The van der Waals surface area contributed by atoms with Crippen molar-refractivity contribution in [2.24, 2.45) is 0 Å². The van der Waals surface area contributed by atoms with Gasteiger partial charge in [0.2, 0.25) is 0 Å². The first-order valence-electron chi connectivity index (χ1n) is 8.07. The molecule has 0 saturated heterocycles. The predicted molar refractivity (Wildman–Crippen MR) is 103 cm³/mol. The van der Waals surface area contributed by atoms with E-state index in [1.807, 2.05) is 52.2 Å². The van der Waals surface area contributed by atoms with E-state index in [-0.39, 0.29) is 12.1 Å². The normalized spacial score (nSPS) is 10.9. The molecule has 0 fully saturated rings. The largest absolute Gasteiger partial charge is 0.378 e. The Balaban J connectivity index is 1.96. The second-order valence-electron chi connectivity index (χ2n) is 6.19. The van der Waals surface area contributed by atoms with Crippen LogP contribution in [0.25, 0.3) is 12.2 Å². The third kappa shape index (κ3) is 5.47. The zero-order valence-corrected chi connectivity index (χ0v) is 14.7. The molecule has 0 unspecified atom stereocenters. The summed E-state index contributed by atoms with van der Waals surface area (Å²) in [5, 5.41) is 5.61. The first-order valence-corrected chi connectivity index (χ1v) is 8.07. The Kier molecular flexibility index (Phi) is 6.01. The van der Waals surface area contributed by atoms with Gasteiger partial charge in [0.15, 0.2) is 0 Å². The fourth-order valence-electron chi connectivity index (χ4n) is 2.18. The average molecular weight is 323 g/mol. The summed E-state index contributed by atoms with van der Waals surface area (Å²) in [4.78, 5) is 13.7. The van der Waals surface area contributed by atoms with Crippen LogP contribution in [0.3, 0.4) is 0 Å². The number of carbonyl (C=O) groups is 1. The molecule has 0 aromatic heterocycles. The lowest BCUT2D eigenvalue weighted by molar-refractivity contribution is 0.250. The van der Waals surface area contributed by atoms with E-state index in [2.05, 4.69) is 52.0 Å². The van der Waals surface area contributed by atoms with Crippen LogP contribution in [0.4, 0.5) is 16.2 Å². The van der Waals surface area contributed by atoms with Gasteiger partial charge in [0.25, 0.3) is 0 Å². The summed E-state index contributed by atoms with van der Waals surface area (Å²) >= 11 is 0. The Labute approximate surface area is 144 Å². The maximum atomic E-state index is 11.7. The van der Waals surface area contributed by atoms with Gasteiger partial charge >= 0.3 is 6.03 Å². The Hall–Kier alpha value is -2.75. The molecule has 0 aliphatic rings. The van der Waals surface area contributed by atoms with Crippen LogP contribution in [-0.4, -0.2) is 26.2 Å². The van der Waals surface area contributed by atoms with Crippen molar-refractivity contribution in [3.8, 4) is 0 Å². The SMILES string of the molecule is CC(C)NC(=O)Nc1ccc(/C=C/c2ccc(N(C)C)cc2)cc1. The molecule has 24 heavy (non-hydrogen) atoms. The fraction of sp³-hybridized carbons (Fsp3) is 0.250. The van der Waals surface area contributed by atoms with Crippen LogP contribution in [-0.2, 0) is 0 Å². The van der Waals surface area contributed by atoms with E-state index < -0.39 is 0 Å². The number of rotatable bonds is 5. The van der Waals surface area contributed by atoms with E-state index in [1.165, 1.54) is 5.69 Å². The van der Waals surface area contributed by atoms with Crippen molar-refractivity contribution in [3.63, 3.8) is 0 Å². The smallest absolute Gasteiger partial charge is 0.319 e. The lowest BCUT2D eigenvalue weighted by atomic mass is 10.1. The van der Waals surface area contributed by atoms with Crippen molar-refractivity contribution in [1.29, 1.82) is 0 Å². The Morgan fingerprint density at radius 3 is 1.88 bits per heavy atom. The Bertz CT molecular complexity index is 686. The van der Waals surface area contributed by atoms with Crippen molar-refractivity contribution in [2.45, 2.75) is 19.9 Å². The van der Waals surface area contributed by atoms with Crippen LogP contribution in [0.5, 0.6) is 0 Å². The number of urea groups is 1. The number of anilines is 2. The van der Waals surface area contributed by atoms with Gasteiger partial charge in [-0.3, -0.25) is 0 Å². The molecule has 0 heterocycles. The number of hydrogen-bond acceptors (Lipinski definition) is 2. The number of carbonyl (C=O) groups excluding carboxylic acids is 1. The van der Waals surface area contributed by atoms with Gasteiger partial charge in [-0.15, -0.1) is 0 Å². The molecular weight excluding hydrogens is 298 g/mol. The Morgan fingerprint density at radius 2 is 1.42 bits per heavy atom. The molecule has 2 aromatic carbocycles. The molecule has 4 nitrogen and oxygen atoms in total. The number of hydrogen-bond donors (Lipinski definition) is 2. The first-order chi connectivity index (χ1) is 11.4. The van der Waals surface area contributed by atoms with Crippen molar-refractivity contribution < 1.29 is 4.79 Å². The molecule has 2 rings (SSSR count). The molecule has 126 valence electrons. The van der Waals surface area contributed by atoms with E-state index >= 15 is 0 Å². The summed E-state index contributed by atoms with van der Waals surface area (Å²) < 4.78 is 0. The highest BCUT2D eigenvalue weighted by atomic mass is 16.2. The molecule has 2 N–H and O–H groups in total. The van der Waals surface area contributed by atoms with Gasteiger partial charge in [0.1, 0.15) is 0 Å². The maximum Gasteiger partial charge on any atom is 0.319 e. The molecule has 0 radical (unpaired) electrons. The minimum Gasteiger partial charge on any atom is -0.378 e. The molecule has 0 saturated carbocycles. The molecule has 0 bridgehead atoms. The monoisotopic (exact) mass is 323 g/mol. The summed E-state index contributed by atoms with van der Waals surface area (Å²) in [5.41, 5.74) is 4.20. The van der Waals surface area contributed by atoms with E-state index in [1.54, 1.807) is 0 Å². The summed E-state index contributed by atoms with van der Waals surface area (Å²) in [6.07, 6.45) is 4.13. The lowest BCUT2D eigenvalue weighted by Crippen LogP contribution is -2.34. The summed E-state index contributed by atoms with van der Waals surface area (Å²) in [6, 6.07) is 16.1. The number of benzene rings is 2. The van der Waals surface area contributed by atoms with Gasteiger partial charge in [-0.2, -0.15) is 0 Å². The number of nitrogens with one attached hydrogen (secondary N) is 2. The highest BCUT2D eigenvalue weighted by molar-refractivity contribution is 5.89. The molecule has 2 amide bonds. The molecule has 0 aliphatic heterocycles. The summed E-state index contributed by atoms with van der Waals surface area (Å²) in [6.45, 7) is 3.86. The maximum absolute atomic E-state index is 11.7. The van der Waals surface area contributed by atoms with Gasteiger partial charge in [-0.1, -0.05) is 36.4 Å². The fourth-order valence-corrected chi connectivity index (χ4v) is 2.18. The number of amides is 2. The van der Waals surface area contributed by atoms with E-state index in [9.17, 15) is 4.79 Å². The summed E-state index contributed by atoms with van der Waals surface area (Å²) in [5.74, 6) is 0. The first kappa shape index (κ1) is 17.6. The third-order valence-corrected chi connectivity index (χ3v) is 3.47. The van der Waals surface area contributed by atoms with Crippen LogP contribution in [0.1, 0.15) is 25.0 Å². The quantitative estimate of drug-likeness (QED) is 0.798. The molecule has 0 aliphatic carbocycles. The van der Waals surface area contributed by atoms with Crippen molar-refractivity contribution in [3.05, 3.63) is 59.7 Å². The van der Waals surface area contributed by atoms with Gasteiger partial charge < -0.3 is 15.5 Å². The van der Waals surface area contributed by atoms with E-state index in [4.69, 9.17) is 0 Å². The van der Waals surface area contributed by atoms with Gasteiger partial charge in [0, 0.05) is 31.5 Å². The van der Waals surface area contributed by atoms with Crippen molar-refractivity contribution in [2.75, 3.05) is 24.3 Å². The minimum atomic E-state index is -0.186. The molecule has 2 aromatic rings. The standard InChI is InChI=1S/C20H25N3O/c1-15(2)21-20(24)22-18-11-7-16(8-12-18)5-6-17-9-13-19(14-10-17)23(3)4/h5-15H,1-4H3,(H2,21,22,24)/b6-5+. The van der Waals surface area contributed by atoms with Crippen LogP contribution < -0.4 is 15.5 Å². The molecular formula is C20H25N3O. The van der Waals surface area contributed by atoms with Crippen molar-refractivity contribution >= 4 is 29.6 Å². The summed E-state index contributed by atoms with van der Waals surface area (Å²) in [7, 11) is 4.06. The highest BCUT2D eigenvalue weighted by Gasteiger charge is 2.02. The predicted octanol–water partition coefficient (Wildman–Crippen LogP) is 4.45. The van der Waals surface area contributed by atoms with Crippen LogP contribution in [0, 0.1) is 0 Å². The van der Waals surface area contributed by atoms with Gasteiger partial charge in [-0.25, -0.2) is 4.79 Å². The van der Waals surface area contributed by atoms with Crippen LogP contribution >= 0.6 is 0 Å². The van der Waals surface area contributed by atoms with Crippen molar-refractivity contribution in [1.82, 2.24) is 5.32 Å². The molecule has 0 atom stereocenters. The Morgan fingerprint density at radius 1 is 0.917 bits per heavy atom. The average Bonchev–Trinajstić information content (AvgIpc) is 2.54. The molecule has 4 heteroatoms. The molecule has 0 spiro atoms. The topological polar surface area (TPSA) is 44.4 Å².